The van der Waals surface area contributed by atoms with Gasteiger partial charge in [-0.3, -0.25) is 10.1 Å². The van der Waals surface area contributed by atoms with Gasteiger partial charge in [-0.25, -0.2) is 4.68 Å². The Morgan fingerprint density at radius 1 is 1.37 bits per heavy atom. The number of hydrogen-bond donors (Lipinski definition) is 2. The van der Waals surface area contributed by atoms with Crippen molar-refractivity contribution in [3.05, 3.63) is 15.8 Å². The molecule has 0 aliphatic rings. The molecule has 0 radical (unpaired) electrons. The second-order valence-corrected chi connectivity index (χ2v) is 5.12. The molecule has 0 amide bonds. The lowest BCUT2D eigenvalue weighted by Crippen LogP contribution is -2.24. The van der Waals surface area contributed by atoms with Gasteiger partial charge in [-0.05, 0) is 40.3 Å². The summed E-state index contributed by atoms with van der Waals surface area (Å²) in [7, 11) is 1.89. The molecule has 1 rings (SSSR count). The Bertz CT molecular complexity index is 442. The number of rotatable bonds is 7. The van der Waals surface area contributed by atoms with E-state index in [1.807, 2.05) is 20.9 Å². The molecule has 0 saturated carbocycles. The van der Waals surface area contributed by atoms with Crippen LogP contribution in [0.25, 0.3) is 0 Å². The van der Waals surface area contributed by atoms with Crippen LogP contribution in [0.2, 0.25) is 0 Å². The largest absolute Gasteiger partial charge is 0.364 e. The summed E-state index contributed by atoms with van der Waals surface area (Å²) in [4.78, 5) is 10.8. The van der Waals surface area contributed by atoms with Crippen molar-refractivity contribution in [3.8, 4) is 0 Å². The molecule has 0 aromatic carbocycles. The summed E-state index contributed by atoms with van der Waals surface area (Å²) >= 11 is 0. The molecule has 0 aliphatic carbocycles. The molecule has 19 heavy (non-hydrogen) atoms. The van der Waals surface area contributed by atoms with Crippen LogP contribution in [0.1, 0.15) is 32.5 Å². The van der Waals surface area contributed by atoms with Crippen molar-refractivity contribution in [2.75, 3.05) is 25.5 Å². The lowest BCUT2D eigenvalue weighted by Gasteiger charge is -2.15. The first-order valence-corrected chi connectivity index (χ1v) is 6.50. The molecule has 7 nitrogen and oxygen atoms in total. The Morgan fingerprint density at radius 3 is 2.47 bits per heavy atom. The van der Waals surface area contributed by atoms with Gasteiger partial charge in [-0.2, -0.15) is 5.10 Å². The number of aromatic nitrogens is 2. The van der Waals surface area contributed by atoms with Gasteiger partial charge < -0.3 is 10.6 Å². The summed E-state index contributed by atoms with van der Waals surface area (Å²) in [6.45, 7) is 9.18. The van der Waals surface area contributed by atoms with Gasteiger partial charge in [0, 0.05) is 12.6 Å². The van der Waals surface area contributed by atoms with E-state index >= 15 is 0 Å². The van der Waals surface area contributed by atoms with E-state index in [1.165, 1.54) is 0 Å². The fourth-order valence-corrected chi connectivity index (χ4v) is 1.99. The van der Waals surface area contributed by atoms with Crippen molar-refractivity contribution >= 4 is 11.5 Å². The molecule has 0 saturated heterocycles. The highest BCUT2D eigenvalue weighted by Crippen LogP contribution is 2.30. The van der Waals surface area contributed by atoms with Gasteiger partial charge in [0.15, 0.2) is 0 Å². The molecular weight excluding hydrogens is 246 g/mol. The van der Waals surface area contributed by atoms with Crippen molar-refractivity contribution in [3.63, 3.8) is 0 Å². The van der Waals surface area contributed by atoms with E-state index in [0.29, 0.717) is 24.0 Å². The zero-order valence-electron chi connectivity index (χ0n) is 12.2. The van der Waals surface area contributed by atoms with E-state index in [9.17, 15) is 10.1 Å². The fourth-order valence-electron chi connectivity index (χ4n) is 1.99. The van der Waals surface area contributed by atoms with Crippen LogP contribution < -0.4 is 10.6 Å². The second-order valence-electron chi connectivity index (χ2n) is 5.12. The summed E-state index contributed by atoms with van der Waals surface area (Å²) in [6.07, 6.45) is 0. The van der Waals surface area contributed by atoms with Crippen LogP contribution in [0.15, 0.2) is 0 Å². The highest BCUT2D eigenvalue weighted by atomic mass is 16.6. The fraction of sp³-hybridized carbons (Fsp3) is 0.750. The minimum Gasteiger partial charge on any atom is -0.364 e. The van der Waals surface area contributed by atoms with E-state index in [2.05, 4.69) is 22.7 Å². The molecule has 0 bridgehead atoms. The predicted octanol–water partition coefficient (Wildman–Crippen LogP) is 1.95. The van der Waals surface area contributed by atoms with Crippen molar-refractivity contribution in [1.82, 2.24) is 15.1 Å². The van der Waals surface area contributed by atoms with E-state index in [0.717, 1.165) is 6.54 Å². The lowest BCUT2D eigenvalue weighted by molar-refractivity contribution is -0.384. The molecule has 7 heteroatoms. The molecule has 1 atom stereocenters. The first kappa shape index (κ1) is 15.4. The topological polar surface area (TPSA) is 85.0 Å². The third-order valence-electron chi connectivity index (χ3n) is 2.90. The van der Waals surface area contributed by atoms with Crippen LogP contribution >= 0.6 is 0 Å². The smallest absolute Gasteiger partial charge is 0.333 e. The molecule has 1 unspecified atom stereocenters. The number of nitro groups is 1. The Balaban J connectivity index is 2.99. The summed E-state index contributed by atoms with van der Waals surface area (Å²) in [6, 6.07) is 0.0782. The maximum absolute atomic E-state index is 11.1. The third kappa shape index (κ3) is 3.66. The van der Waals surface area contributed by atoms with E-state index in [-0.39, 0.29) is 16.7 Å². The summed E-state index contributed by atoms with van der Waals surface area (Å²) in [5.74, 6) is 0.876. The van der Waals surface area contributed by atoms with Gasteiger partial charge in [-0.1, -0.05) is 6.92 Å². The van der Waals surface area contributed by atoms with E-state index < -0.39 is 0 Å². The SMILES string of the molecule is CNCC(C)CNc1c([N+](=O)[O-])c(C)nn1C(C)C. The van der Waals surface area contributed by atoms with Gasteiger partial charge in [0.1, 0.15) is 5.69 Å². The van der Waals surface area contributed by atoms with Crippen molar-refractivity contribution in [2.24, 2.45) is 5.92 Å². The van der Waals surface area contributed by atoms with Gasteiger partial charge in [0.25, 0.3) is 0 Å². The predicted molar refractivity (Wildman–Crippen MR) is 75.6 cm³/mol. The second kappa shape index (κ2) is 6.51. The third-order valence-corrected chi connectivity index (χ3v) is 2.90. The molecule has 1 aromatic rings. The summed E-state index contributed by atoms with van der Waals surface area (Å²) in [5.41, 5.74) is 0.521. The van der Waals surface area contributed by atoms with Crippen LogP contribution in [0, 0.1) is 23.0 Å². The van der Waals surface area contributed by atoms with E-state index in [4.69, 9.17) is 0 Å². The number of nitrogens with zero attached hydrogens (tertiary/aromatic N) is 3. The Labute approximate surface area is 113 Å². The van der Waals surface area contributed by atoms with Crippen LogP contribution in [-0.4, -0.2) is 34.8 Å². The van der Waals surface area contributed by atoms with E-state index in [1.54, 1.807) is 11.6 Å². The van der Waals surface area contributed by atoms with Gasteiger partial charge in [-0.15, -0.1) is 0 Å². The van der Waals surface area contributed by atoms with Crippen molar-refractivity contribution < 1.29 is 4.92 Å². The molecule has 0 spiro atoms. The molecule has 2 N–H and O–H groups in total. The zero-order valence-corrected chi connectivity index (χ0v) is 12.2. The van der Waals surface area contributed by atoms with Gasteiger partial charge in [0.05, 0.1) is 4.92 Å². The van der Waals surface area contributed by atoms with Gasteiger partial charge >= 0.3 is 5.69 Å². The standard InChI is InChI=1S/C12H23N5O2/c1-8(2)16-12(14-7-9(3)6-13-5)11(17(18)19)10(4)15-16/h8-9,13-14H,6-7H2,1-5H3. The summed E-state index contributed by atoms with van der Waals surface area (Å²) < 4.78 is 1.68. The quantitative estimate of drug-likeness (QED) is 0.583. The normalized spacial score (nSPS) is 12.7. The minimum absolute atomic E-state index is 0.0744. The summed E-state index contributed by atoms with van der Waals surface area (Å²) in [5, 5.41) is 21.7. The van der Waals surface area contributed by atoms with Crippen molar-refractivity contribution in [2.45, 2.75) is 33.7 Å². The lowest BCUT2D eigenvalue weighted by atomic mass is 10.2. The first-order valence-electron chi connectivity index (χ1n) is 6.50. The number of hydrogen-bond acceptors (Lipinski definition) is 5. The number of nitrogens with one attached hydrogen (secondary N) is 2. The van der Waals surface area contributed by atoms with Crippen molar-refractivity contribution in [1.29, 1.82) is 0 Å². The van der Waals surface area contributed by atoms with Crippen LogP contribution in [0.3, 0.4) is 0 Å². The maximum atomic E-state index is 11.1. The van der Waals surface area contributed by atoms with Crippen LogP contribution in [0.5, 0.6) is 0 Å². The molecule has 0 aliphatic heterocycles. The highest BCUT2D eigenvalue weighted by molar-refractivity contribution is 5.59. The molecule has 108 valence electrons. The zero-order chi connectivity index (χ0) is 14.6. The van der Waals surface area contributed by atoms with Gasteiger partial charge in [0.2, 0.25) is 5.82 Å². The number of anilines is 1. The maximum Gasteiger partial charge on any atom is 0.333 e. The minimum atomic E-state index is -0.369. The Hall–Kier alpha value is -1.63. The monoisotopic (exact) mass is 269 g/mol. The average Bonchev–Trinajstić information content (AvgIpc) is 2.64. The average molecular weight is 269 g/mol. The Kier molecular flexibility index (Phi) is 5.29. The molecule has 0 fully saturated rings. The highest BCUT2D eigenvalue weighted by Gasteiger charge is 2.26. The Morgan fingerprint density at radius 2 is 2.00 bits per heavy atom. The number of aryl methyl sites for hydroxylation is 1. The molecule has 1 aromatic heterocycles. The first-order chi connectivity index (χ1) is 8.88. The molecule has 1 heterocycles. The van der Waals surface area contributed by atoms with Crippen LogP contribution in [0.4, 0.5) is 11.5 Å². The van der Waals surface area contributed by atoms with Crippen LogP contribution in [-0.2, 0) is 0 Å². The molecular formula is C12H23N5O2.